The van der Waals surface area contributed by atoms with Crippen molar-refractivity contribution >= 4 is 22.3 Å². The summed E-state index contributed by atoms with van der Waals surface area (Å²) >= 11 is 0. The van der Waals surface area contributed by atoms with Gasteiger partial charge in [0.15, 0.2) is 0 Å². The van der Waals surface area contributed by atoms with Crippen LogP contribution < -0.4 is 10.6 Å². The molecule has 1 aliphatic carbocycles. The molecule has 154 valence electrons. The molecule has 0 bridgehead atoms. The standard InChI is InChI=1S/C16H28N4O6S/c1-11-3-4-13(19(2)15(22)20(11)26-27(23,24)25)14(21)18-12-5-7-16(8-6-12)9-17-10-16/h11-13,17H,3-10H2,1-2H3,(H,18,21)(H,23,24,25)/t11-,13-/m0/s1. The molecule has 11 heteroatoms. The molecule has 2 heterocycles. The first-order valence-electron chi connectivity index (χ1n) is 9.34. The van der Waals surface area contributed by atoms with Crippen LogP contribution in [0.25, 0.3) is 0 Å². The van der Waals surface area contributed by atoms with Gasteiger partial charge in [0.25, 0.3) is 0 Å². The van der Waals surface area contributed by atoms with E-state index in [0.29, 0.717) is 23.3 Å². The molecule has 10 nitrogen and oxygen atoms in total. The fourth-order valence-electron chi connectivity index (χ4n) is 4.21. The molecule has 2 saturated heterocycles. The van der Waals surface area contributed by atoms with Gasteiger partial charge in [-0.2, -0.15) is 13.5 Å². The molecule has 3 N–H and O–H groups in total. The zero-order chi connectivity index (χ0) is 19.8. The Labute approximate surface area is 159 Å². The number of amides is 3. The van der Waals surface area contributed by atoms with Crippen LogP contribution in [0.15, 0.2) is 0 Å². The summed E-state index contributed by atoms with van der Waals surface area (Å²) in [6.07, 6.45) is 4.75. The molecule has 1 saturated carbocycles. The number of hydrogen-bond donors (Lipinski definition) is 3. The first-order chi connectivity index (χ1) is 12.6. The number of likely N-dealkylation sites (N-methyl/N-ethyl adjacent to an activating group) is 1. The van der Waals surface area contributed by atoms with E-state index in [1.54, 1.807) is 6.92 Å². The van der Waals surface area contributed by atoms with Gasteiger partial charge in [0, 0.05) is 26.2 Å². The smallest absolute Gasteiger partial charge is 0.352 e. The molecule has 3 fully saturated rings. The van der Waals surface area contributed by atoms with Crippen LogP contribution in [0.4, 0.5) is 4.79 Å². The Balaban J connectivity index is 1.60. The van der Waals surface area contributed by atoms with Gasteiger partial charge in [0.05, 0.1) is 6.04 Å². The van der Waals surface area contributed by atoms with E-state index in [0.717, 1.165) is 38.8 Å². The number of rotatable bonds is 4. The average molecular weight is 404 g/mol. The van der Waals surface area contributed by atoms with Crippen molar-refractivity contribution in [3.63, 3.8) is 0 Å². The van der Waals surface area contributed by atoms with E-state index in [1.807, 2.05) is 0 Å². The Morgan fingerprint density at radius 1 is 1.26 bits per heavy atom. The van der Waals surface area contributed by atoms with Crippen molar-refractivity contribution in [3.05, 3.63) is 0 Å². The minimum absolute atomic E-state index is 0.0954. The van der Waals surface area contributed by atoms with E-state index >= 15 is 0 Å². The highest BCUT2D eigenvalue weighted by molar-refractivity contribution is 7.80. The molecule has 0 aromatic carbocycles. The molecular formula is C16H28N4O6S. The molecule has 0 aromatic heterocycles. The number of carbonyl (C=O) groups is 2. The van der Waals surface area contributed by atoms with Gasteiger partial charge >= 0.3 is 16.4 Å². The molecule has 3 amide bonds. The zero-order valence-electron chi connectivity index (χ0n) is 15.7. The predicted molar refractivity (Wildman–Crippen MR) is 95.8 cm³/mol. The number of urea groups is 1. The van der Waals surface area contributed by atoms with E-state index < -0.39 is 28.5 Å². The summed E-state index contributed by atoms with van der Waals surface area (Å²) in [4.78, 5) is 26.5. The van der Waals surface area contributed by atoms with Gasteiger partial charge in [-0.3, -0.25) is 9.35 Å². The summed E-state index contributed by atoms with van der Waals surface area (Å²) in [5.41, 5.74) is 0.402. The van der Waals surface area contributed by atoms with E-state index in [-0.39, 0.29) is 11.9 Å². The Bertz CT molecular complexity index is 685. The van der Waals surface area contributed by atoms with Crippen molar-refractivity contribution in [2.45, 2.75) is 63.6 Å². The number of carbonyl (C=O) groups excluding carboxylic acids is 2. The Hall–Kier alpha value is -1.43. The normalized spacial score (nSPS) is 29.4. The molecule has 3 aliphatic rings. The largest absolute Gasteiger partial charge is 0.418 e. The Morgan fingerprint density at radius 3 is 2.41 bits per heavy atom. The van der Waals surface area contributed by atoms with Gasteiger partial charge in [-0.1, -0.05) is 0 Å². The highest BCUT2D eigenvalue weighted by Crippen LogP contribution is 2.39. The molecule has 3 rings (SSSR count). The summed E-state index contributed by atoms with van der Waals surface area (Å²) in [5, 5.41) is 6.97. The van der Waals surface area contributed by atoms with E-state index in [9.17, 15) is 18.0 Å². The van der Waals surface area contributed by atoms with Crippen molar-refractivity contribution in [1.29, 1.82) is 0 Å². The lowest BCUT2D eigenvalue weighted by Crippen LogP contribution is -2.57. The molecule has 0 radical (unpaired) electrons. The summed E-state index contributed by atoms with van der Waals surface area (Å²) < 4.78 is 35.3. The van der Waals surface area contributed by atoms with Crippen molar-refractivity contribution in [2.75, 3.05) is 20.1 Å². The van der Waals surface area contributed by atoms with Gasteiger partial charge in [-0.05, 0) is 50.9 Å². The van der Waals surface area contributed by atoms with Crippen LogP contribution >= 0.6 is 0 Å². The maximum atomic E-state index is 12.8. The fraction of sp³-hybridized carbons (Fsp3) is 0.875. The van der Waals surface area contributed by atoms with Crippen molar-refractivity contribution in [3.8, 4) is 0 Å². The third-order valence-corrected chi connectivity index (χ3v) is 6.43. The monoisotopic (exact) mass is 404 g/mol. The topological polar surface area (TPSA) is 128 Å². The van der Waals surface area contributed by atoms with Gasteiger partial charge in [0.2, 0.25) is 5.91 Å². The Kier molecular flexibility index (Phi) is 5.67. The Morgan fingerprint density at radius 2 is 1.89 bits per heavy atom. The first-order valence-corrected chi connectivity index (χ1v) is 10.7. The summed E-state index contributed by atoms with van der Waals surface area (Å²) in [6.45, 7) is 3.70. The second kappa shape index (κ2) is 7.53. The second-order valence-electron chi connectivity index (χ2n) is 8.05. The van der Waals surface area contributed by atoms with Crippen molar-refractivity contribution in [1.82, 2.24) is 20.6 Å². The highest BCUT2D eigenvalue weighted by atomic mass is 32.3. The molecule has 0 aromatic rings. The quantitative estimate of drug-likeness (QED) is 0.574. The lowest BCUT2D eigenvalue weighted by Gasteiger charge is -2.47. The second-order valence-corrected chi connectivity index (χ2v) is 9.05. The fourth-order valence-corrected chi connectivity index (χ4v) is 4.62. The summed E-state index contributed by atoms with van der Waals surface area (Å²) in [7, 11) is -3.39. The molecule has 2 aliphatic heterocycles. The minimum atomic E-state index is -4.83. The van der Waals surface area contributed by atoms with Crippen LogP contribution in [0.1, 0.15) is 45.4 Å². The van der Waals surface area contributed by atoms with E-state index in [4.69, 9.17) is 4.55 Å². The SMILES string of the molecule is C[C@H]1CC[C@@H](C(=O)NC2CCC3(CC2)CNC3)N(C)C(=O)N1OS(=O)(=O)O. The van der Waals surface area contributed by atoms with Crippen LogP contribution in [0.5, 0.6) is 0 Å². The average Bonchev–Trinajstić information content (AvgIpc) is 2.66. The summed E-state index contributed by atoms with van der Waals surface area (Å²) in [5.74, 6) is -0.237. The number of nitrogens with one attached hydrogen (secondary N) is 2. The van der Waals surface area contributed by atoms with E-state index in [1.165, 1.54) is 11.9 Å². The molecule has 27 heavy (non-hydrogen) atoms. The van der Waals surface area contributed by atoms with Crippen molar-refractivity contribution in [2.24, 2.45) is 5.41 Å². The lowest BCUT2D eigenvalue weighted by atomic mass is 9.68. The lowest BCUT2D eigenvalue weighted by molar-refractivity contribution is -0.126. The van der Waals surface area contributed by atoms with Gasteiger partial charge < -0.3 is 15.5 Å². The van der Waals surface area contributed by atoms with E-state index in [2.05, 4.69) is 14.9 Å². The third kappa shape index (κ3) is 4.53. The van der Waals surface area contributed by atoms with Crippen LogP contribution in [0, 0.1) is 5.41 Å². The molecule has 0 unspecified atom stereocenters. The van der Waals surface area contributed by atoms with Crippen molar-refractivity contribution < 1.29 is 26.8 Å². The maximum absolute atomic E-state index is 12.8. The van der Waals surface area contributed by atoms with Gasteiger partial charge in [0.1, 0.15) is 6.04 Å². The third-order valence-electron chi connectivity index (χ3n) is 6.09. The first kappa shape index (κ1) is 20.3. The van der Waals surface area contributed by atoms with Gasteiger partial charge in [-0.15, -0.1) is 4.28 Å². The number of hydroxylamine groups is 2. The molecular weight excluding hydrogens is 376 g/mol. The number of nitrogens with zero attached hydrogens (tertiary/aromatic N) is 2. The van der Waals surface area contributed by atoms with Gasteiger partial charge in [-0.25, -0.2) is 4.79 Å². The molecule has 2 atom stereocenters. The predicted octanol–water partition coefficient (Wildman–Crippen LogP) is 0.274. The molecule has 1 spiro atoms. The van der Waals surface area contributed by atoms with Crippen LogP contribution in [0.3, 0.4) is 0 Å². The maximum Gasteiger partial charge on any atom is 0.418 e. The van der Waals surface area contributed by atoms with Crippen LogP contribution in [0.2, 0.25) is 0 Å². The number of hydrogen-bond acceptors (Lipinski definition) is 6. The minimum Gasteiger partial charge on any atom is -0.352 e. The summed E-state index contributed by atoms with van der Waals surface area (Å²) in [6, 6.07) is -1.99. The highest BCUT2D eigenvalue weighted by Gasteiger charge is 2.42. The van der Waals surface area contributed by atoms with Crippen LogP contribution in [-0.4, -0.2) is 73.1 Å². The zero-order valence-corrected chi connectivity index (χ0v) is 16.5. The van der Waals surface area contributed by atoms with Crippen LogP contribution in [-0.2, 0) is 19.5 Å².